The van der Waals surface area contributed by atoms with E-state index in [-0.39, 0.29) is 12.6 Å². The molecule has 4 rings (SSSR count). The van der Waals surface area contributed by atoms with Crippen LogP contribution in [-0.4, -0.2) is 18.2 Å². The Hall–Kier alpha value is -2.95. The summed E-state index contributed by atoms with van der Waals surface area (Å²) < 4.78 is 24.2. The zero-order valence-electron chi connectivity index (χ0n) is 13.1. The first-order valence-electron chi connectivity index (χ1n) is 7.67. The van der Waals surface area contributed by atoms with Crippen molar-refractivity contribution < 1.29 is 13.9 Å². The Labute approximate surface area is 138 Å². The topological polar surface area (TPSA) is 43.2 Å². The molecule has 120 valence electrons. The van der Waals surface area contributed by atoms with Gasteiger partial charge in [-0.3, -0.25) is 0 Å². The highest BCUT2D eigenvalue weighted by molar-refractivity contribution is 6.13. The summed E-state index contributed by atoms with van der Waals surface area (Å²) in [5.74, 6) is 1.19. The molecule has 2 heterocycles. The lowest BCUT2D eigenvalue weighted by Gasteiger charge is -2.08. The number of fused-ring (bicyclic) bond motifs is 2. The van der Waals surface area contributed by atoms with Gasteiger partial charge in [0.15, 0.2) is 11.5 Å². The van der Waals surface area contributed by atoms with Gasteiger partial charge in [-0.1, -0.05) is 18.2 Å². The average Bonchev–Trinajstić information content (AvgIpc) is 2.95. The van der Waals surface area contributed by atoms with E-state index in [2.05, 4.69) is 10.2 Å². The van der Waals surface area contributed by atoms with Crippen molar-refractivity contribution in [1.82, 2.24) is 0 Å². The quantitative estimate of drug-likeness (QED) is 0.839. The maximum atomic E-state index is 13.3. The van der Waals surface area contributed by atoms with Gasteiger partial charge in [-0.2, -0.15) is 10.2 Å². The second-order valence-corrected chi connectivity index (χ2v) is 5.75. The first kappa shape index (κ1) is 14.6. The number of halogens is 1. The SMILES string of the molecule is CC1=NN=C(/C=C/c2cccc(F)c2)c2cc3c(cc2C1)OCO3. The summed E-state index contributed by atoms with van der Waals surface area (Å²) in [6.45, 7) is 2.17. The third-order valence-corrected chi connectivity index (χ3v) is 3.93. The summed E-state index contributed by atoms with van der Waals surface area (Å²) in [5.41, 5.74) is 4.44. The summed E-state index contributed by atoms with van der Waals surface area (Å²) in [5, 5.41) is 8.59. The van der Waals surface area contributed by atoms with Crippen LogP contribution in [0.2, 0.25) is 0 Å². The smallest absolute Gasteiger partial charge is 0.231 e. The van der Waals surface area contributed by atoms with E-state index in [1.54, 1.807) is 6.07 Å². The maximum absolute atomic E-state index is 13.3. The summed E-state index contributed by atoms with van der Waals surface area (Å²) in [6.07, 6.45) is 4.37. The standard InChI is InChI=1S/C19H15FN2O2/c1-12-7-14-9-18-19(24-11-23-18)10-16(14)17(22-21-12)6-5-13-3-2-4-15(20)8-13/h2-6,8-10H,7,11H2,1H3/b6-5+. The fraction of sp³-hybridized carbons (Fsp3) is 0.158. The van der Waals surface area contributed by atoms with Crippen LogP contribution in [0.1, 0.15) is 23.6 Å². The minimum Gasteiger partial charge on any atom is -0.454 e. The largest absolute Gasteiger partial charge is 0.454 e. The van der Waals surface area contributed by atoms with E-state index in [1.807, 2.05) is 37.3 Å². The summed E-state index contributed by atoms with van der Waals surface area (Å²) in [7, 11) is 0. The fourth-order valence-corrected chi connectivity index (χ4v) is 2.78. The van der Waals surface area contributed by atoms with Crippen molar-refractivity contribution >= 4 is 17.5 Å². The molecule has 0 fully saturated rings. The molecule has 0 saturated carbocycles. The molecule has 2 aliphatic rings. The molecule has 0 amide bonds. The van der Waals surface area contributed by atoms with Gasteiger partial charge in [0.25, 0.3) is 0 Å². The van der Waals surface area contributed by atoms with Crippen molar-refractivity contribution in [2.24, 2.45) is 10.2 Å². The van der Waals surface area contributed by atoms with E-state index in [1.165, 1.54) is 12.1 Å². The number of hydrogen-bond donors (Lipinski definition) is 0. The van der Waals surface area contributed by atoms with Crippen molar-refractivity contribution in [1.29, 1.82) is 0 Å². The highest BCUT2D eigenvalue weighted by Crippen LogP contribution is 2.36. The van der Waals surface area contributed by atoms with Crippen LogP contribution in [0.25, 0.3) is 6.08 Å². The number of allylic oxidation sites excluding steroid dienone is 1. The molecule has 0 saturated heterocycles. The summed E-state index contributed by atoms with van der Waals surface area (Å²) in [6, 6.07) is 10.3. The Kier molecular flexibility index (Phi) is 3.61. The highest BCUT2D eigenvalue weighted by Gasteiger charge is 2.20. The second kappa shape index (κ2) is 5.92. The van der Waals surface area contributed by atoms with E-state index >= 15 is 0 Å². The van der Waals surface area contributed by atoms with Gasteiger partial charge >= 0.3 is 0 Å². The summed E-state index contributed by atoms with van der Waals surface area (Å²) >= 11 is 0. The first-order chi connectivity index (χ1) is 11.7. The molecule has 0 radical (unpaired) electrons. The second-order valence-electron chi connectivity index (χ2n) is 5.75. The molecule has 0 N–H and O–H groups in total. The van der Waals surface area contributed by atoms with Gasteiger partial charge in [0.05, 0.1) is 5.71 Å². The zero-order chi connectivity index (χ0) is 16.5. The molecular formula is C19H15FN2O2. The van der Waals surface area contributed by atoms with Gasteiger partial charge in [-0.25, -0.2) is 4.39 Å². The minimum absolute atomic E-state index is 0.233. The highest BCUT2D eigenvalue weighted by atomic mass is 19.1. The van der Waals surface area contributed by atoms with E-state index in [0.717, 1.165) is 28.2 Å². The van der Waals surface area contributed by atoms with Crippen molar-refractivity contribution in [3.63, 3.8) is 0 Å². The molecule has 0 bridgehead atoms. The zero-order valence-corrected chi connectivity index (χ0v) is 13.1. The van der Waals surface area contributed by atoms with Crippen LogP contribution >= 0.6 is 0 Å². The number of hydrogen-bond acceptors (Lipinski definition) is 4. The predicted molar refractivity (Wildman–Crippen MR) is 91.3 cm³/mol. The Balaban J connectivity index is 1.75. The van der Waals surface area contributed by atoms with E-state index in [4.69, 9.17) is 9.47 Å². The molecule has 5 heteroatoms. The molecule has 2 aromatic carbocycles. The van der Waals surface area contributed by atoms with Gasteiger partial charge in [0.2, 0.25) is 6.79 Å². The molecule has 0 aromatic heterocycles. The third-order valence-electron chi connectivity index (χ3n) is 3.93. The molecule has 2 aliphatic heterocycles. The molecule has 24 heavy (non-hydrogen) atoms. The van der Waals surface area contributed by atoms with Crippen LogP contribution in [0.4, 0.5) is 4.39 Å². The third kappa shape index (κ3) is 2.80. The van der Waals surface area contributed by atoms with E-state index in [0.29, 0.717) is 17.9 Å². The Morgan fingerprint density at radius 2 is 1.88 bits per heavy atom. The lowest BCUT2D eigenvalue weighted by atomic mass is 9.97. The van der Waals surface area contributed by atoms with Crippen molar-refractivity contribution in [2.75, 3.05) is 6.79 Å². The van der Waals surface area contributed by atoms with Crippen LogP contribution in [-0.2, 0) is 6.42 Å². The first-order valence-corrected chi connectivity index (χ1v) is 7.67. The van der Waals surface area contributed by atoms with Crippen LogP contribution in [0, 0.1) is 5.82 Å². The number of nitrogens with zero attached hydrogens (tertiary/aromatic N) is 2. The number of benzene rings is 2. The normalized spacial score (nSPS) is 15.8. The lowest BCUT2D eigenvalue weighted by molar-refractivity contribution is 0.174. The van der Waals surface area contributed by atoms with Crippen LogP contribution in [0.3, 0.4) is 0 Å². The molecule has 0 aliphatic carbocycles. The van der Waals surface area contributed by atoms with Crippen molar-refractivity contribution in [2.45, 2.75) is 13.3 Å². The molecule has 4 nitrogen and oxygen atoms in total. The molecule has 0 atom stereocenters. The van der Waals surface area contributed by atoms with Gasteiger partial charge in [0, 0.05) is 17.7 Å². The number of rotatable bonds is 2. The van der Waals surface area contributed by atoms with Gasteiger partial charge in [-0.05, 0) is 48.4 Å². The van der Waals surface area contributed by atoms with Gasteiger partial charge in [-0.15, -0.1) is 0 Å². The van der Waals surface area contributed by atoms with E-state index < -0.39 is 0 Å². The molecule has 0 spiro atoms. The van der Waals surface area contributed by atoms with Crippen molar-refractivity contribution in [3.05, 3.63) is 65.0 Å². The minimum atomic E-state index is -0.266. The van der Waals surface area contributed by atoms with Crippen LogP contribution in [0.5, 0.6) is 11.5 Å². The fourth-order valence-electron chi connectivity index (χ4n) is 2.78. The summed E-state index contributed by atoms with van der Waals surface area (Å²) in [4.78, 5) is 0. The van der Waals surface area contributed by atoms with Crippen LogP contribution < -0.4 is 9.47 Å². The van der Waals surface area contributed by atoms with Crippen molar-refractivity contribution in [3.8, 4) is 11.5 Å². The lowest BCUT2D eigenvalue weighted by Crippen LogP contribution is -2.03. The molecular weight excluding hydrogens is 307 g/mol. The average molecular weight is 322 g/mol. The van der Waals surface area contributed by atoms with E-state index in [9.17, 15) is 4.39 Å². The van der Waals surface area contributed by atoms with Gasteiger partial charge in [0.1, 0.15) is 5.82 Å². The Bertz CT molecular complexity index is 900. The predicted octanol–water partition coefficient (Wildman–Crippen LogP) is 3.99. The maximum Gasteiger partial charge on any atom is 0.231 e. The van der Waals surface area contributed by atoms with Gasteiger partial charge < -0.3 is 9.47 Å². The Morgan fingerprint density at radius 1 is 1.04 bits per heavy atom. The number of ether oxygens (including phenoxy) is 2. The Morgan fingerprint density at radius 3 is 2.71 bits per heavy atom. The van der Waals surface area contributed by atoms with Crippen LogP contribution in [0.15, 0.2) is 52.7 Å². The molecule has 0 unspecified atom stereocenters. The molecule has 2 aromatic rings. The monoisotopic (exact) mass is 322 g/mol.